The molecule has 12 heteroatoms. The number of amidine groups is 1. The van der Waals surface area contributed by atoms with Crippen molar-refractivity contribution in [2.75, 3.05) is 26.8 Å². The summed E-state index contributed by atoms with van der Waals surface area (Å²) in [7, 11) is 1.00. The lowest BCUT2D eigenvalue weighted by molar-refractivity contribution is 0.258. The average Bonchev–Trinajstić information content (AvgIpc) is 3.39. The van der Waals surface area contributed by atoms with E-state index in [4.69, 9.17) is 33.3 Å². The fourth-order valence-electron chi connectivity index (χ4n) is 4.44. The zero-order chi connectivity index (χ0) is 30.6. The highest BCUT2D eigenvalue weighted by atomic mass is 35.5. The molecule has 42 heavy (non-hydrogen) atoms. The Balaban J connectivity index is 0.00000237. The molecule has 1 atom stereocenters. The highest BCUT2D eigenvalue weighted by molar-refractivity contribution is 6.31. The van der Waals surface area contributed by atoms with Gasteiger partial charge in [-0.3, -0.25) is 9.56 Å². The van der Waals surface area contributed by atoms with Gasteiger partial charge in [0.2, 0.25) is 0 Å². The van der Waals surface area contributed by atoms with Crippen LogP contribution in [0.3, 0.4) is 0 Å². The monoisotopic (exact) mass is 599 g/mol. The van der Waals surface area contributed by atoms with Crippen molar-refractivity contribution in [2.45, 2.75) is 45.2 Å². The van der Waals surface area contributed by atoms with Gasteiger partial charge in [-0.25, -0.2) is 9.18 Å². The largest absolute Gasteiger partial charge is 0.400 e. The van der Waals surface area contributed by atoms with E-state index in [-0.39, 0.29) is 17.7 Å². The lowest BCUT2D eigenvalue weighted by atomic mass is 10.0. The summed E-state index contributed by atoms with van der Waals surface area (Å²) in [4.78, 5) is 24.3. The SMILES string of the molecule is CC(N)=NCCCNCc1ccc(-n2cc3cc(-c4cc(CCCC(N)CO)cc(Cl)c4F)[nH]c3nc2=O)cc1.CO. The van der Waals surface area contributed by atoms with Crippen LogP contribution in [0.15, 0.2) is 58.4 Å². The Morgan fingerprint density at radius 2 is 1.93 bits per heavy atom. The Labute approximate surface area is 249 Å². The number of benzene rings is 2. The third-order valence-electron chi connectivity index (χ3n) is 6.58. The molecule has 2 heterocycles. The molecule has 226 valence electrons. The van der Waals surface area contributed by atoms with Gasteiger partial charge in [-0.2, -0.15) is 4.98 Å². The quantitative estimate of drug-likeness (QED) is 0.0778. The van der Waals surface area contributed by atoms with E-state index in [2.05, 4.69) is 20.3 Å². The third-order valence-corrected chi connectivity index (χ3v) is 6.85. The highest BCUT2D eigenvalue weighted by Crippen LogP contribution is 2.31. The van der Waals surface area contributed by atoms with E-state index in [1.54, 1.807) is 31.3 Å². The number of hydrogen-bond donors (Lipinski definition) is 6. The van der Waals surface area contributed by atoms with Gasteiger partial charge in [0, 0.05) is 43.4 Å². The van der Waals surface area contributed by atoms with Crippen LogP contribution in [0.25, 0.3) is 28.0 Å². The Bertz CT molecular complexity index is 1530. The normalized spacial score (nSPS) is 12.3. The summed E-state index contributed by atoms with van der Waals surface area (Å²) < 4.78 is 16.5. The van der Waals surface area contributed by atoms with Gasteiger partial charge in [-0.05, 0) is 80.6 Å². The number of aryl methyl sites for hydroxylation is 1. The summed E-state index contributed by atoms with van der Waals surface area (Å²) in [6.07, 6.45) is 4.60. The van der Waals surface area contributed by atoms with Crippen molar-refractivity contribution in [2.24, 2.45) is 16.5 Å². The van der Waals surface area contributed by atoms with Crippen molar-refractivity contribution in [3.63, 3.8) is 0 Å². The lowest BCUT2D eigenvalue weighted by Gasteiger charge is -2.10. The first kappa shape index (κ1) is 32.9. The first-order valence-corrected chi connectivity index (χ1v) is 14.1. The first-order valence-electron chi connectivity index (χ1n) is 13.7. The number of aromatic nitrogens is 3. The number of nitrogens with one attached hydrogen (secondary N) is 2. The van der Waals surface area contributed by atoms with Gasteiger partial charge < -0.3 is 32.0 Å². The topological polar surface area (TPSA) is 168 Å². The summed E-state index contributed by atoms with van der Waals surface area (Å²) in [6, 6.07) is 12.5. The molecule has 1 unspecified atom stereocenters. The summed E-state index contributed by atoms with van der Waals surface area (Å²) in [5.74, 6) is 0.0398. The Morgan fingerprint density at radius 3 is 2.62 bits per heavy atom. The highest BCUT2D eigenvalue weighted by Gasteiger charge is 2.16. The molecule has 0 aliphatic rings. The maximum atomic E-state index is 15.0. The van der Waals surface area contributed by atoms with Gasteiger partial charge in [0.15, 0.2) is 5.82 Å². The summed E-state index contributed by atoms with van der Waals surface area (Å²) in [6.45, 7) is 3.91. The molecule has 2 aromatic heterocycles. The lowest BCUT2D eigenvalue weighted by Crippen LogP contribution is -2.24. The molecule has 0 spiro atoms. The maximum absolute atomic E-state index is 15.0. The van der Waals surface area contributed by atoms with Crippen molar-refractivity contribution in [1.82, 2.24) is 19.9 Å². The van der Waals surface area contributed by atoms with E-state index < -0.39 is 11.5 Å². The molecule has 0 radical (unpaired) electrons. The summed E-state index contributed by atoms with van der Waals surface area (Å²) >= 11 is 6.21. The Morgan fingerprint density at radius 1 is 1.19 bits per heavy atom. The predicted molar refractivity (Wildman–Crippen MR) is 167 cm³/mol. The summed E-state index contributed by atoms with van der Waals surface area (Å²) in [5, 5.41) is 20.2. The van der Waals surface area contributed by atoms with E-state index in [0.717, 1.165) is 37.6 Å². The van der Waals surface area contributed by atoms with Gasteiger partial charge in [0.05, 0.1) is 28.8 Å². The summed E-state index contributed by atoms with van der Waals surface area (Å²) in [5.41, 5.74) is 14.6. The molecule has 0 saturated carbocycles. The van der Waals surface area contributed by atoms with Crippen LogP contribution in [0.2, 0.25) is 5.02 Å². The van der Waals surface area contributed by atoms with Gasteiger partial charge in [-0.1, -0.05) is 23.7 Å². The Hall–Kier alpha value is -3.61. The second kappa shape index (κ2) is 16.1. The molecule has 4 rings (SSSR count). The van der Waals surface area contributed by atoms with E-state index >= 15 is 4.39 Å². The standard InChI is InChI=1S/C29H35ClFN7O2.CH4O/c1-18(32)35-11-3-10-34-15-19-6-8-23(9-7-19)38-16-21-14-26(36-28(21)37-29(38)40)24-12-20(13-25(30)27(24)31)4-2-5-22(33)17-39;1-2/h6-9,12-14,16,22,34,39H,2-5,10-11,15,17,33H2,1H3,(H2,32,35)(H,36,37,40);2H,1H3. The van der Waals surface area contributed by atoms with Crippen molar-refractivity contribution < 1.29 is 14.6 Å². The van der Waals surface area contributed by atoms with Gasteiger partial charge in [-0.15, -0.1) is 0 Å². The van der Waals surface area contributed by atoms with E-state index in [1.165, 1.54) is 4.57 Å². The van der Waals surface area contributed by atoms with Crippen molar-refractivity contribution in [3.8, 4) is 16.9 Å². The fourth-order valence-corrected chi connectivity index (χ4v) is 4.68. The number of rotatable bonds is 13. The molecule has 0 aliphatic heterocycles. The molecule has 8 N–H and O–H groups in total. The van der Waals surface area contributed by atoms with E-state index in [9.17, 15) is 4.79 Å². The fraction of sp³-hybridized carbons (Fsp3) is 0.367. The van der Waals surface area contributed by atoms with Crippen LogP contribution in [0.4, 0.5) is 4.39 Å². The van der Waals surface area contributed by atoms with Crippen molar-refractivity contribution >= 4 is 28.5 Å². The van der Waals surface area contributed by atoms with Crippen LogP contribution in [-0.4, -0.2) is 63.4 Å². The minimum atomic E-state index is -0.550. The van der Waals surface area contributed by atoms with E-state index in [1.807, 2.05) is 24.3 Å². The molecule has 0 fully saturated rings. The molecule has 0 bridgehead atoms. The maximum Gasteiger partial charge on any atom is 0.354 e. The molecule has 4 aromatic rings. The van der Waals surface area contributed by atoms with Crippen LogP contribution in [0, 0.1) is 5.82 Å². The molecule has 10 nitrogen and oxygen atoms in total. The van der Waals surface area contributed by atoms with Crippen LogP contribution < -0.4 is 22.5 Å². The third kappa shape index (κ3) is 8.94. The number of H-pyrrole nitrogens is 1. The number of nitrogens with two attached hydrogens (primary N) is 2. The zero-order valence-corrected chi connectivity index (χ0v) is 24.7. The number of aliphatic imine (C=N–C) groups is 1. The van der Waals surface area contributed by atoms with Crippen LogP contribution >= 0.6 is 11.6 Å². The second-order valence-electron chi connectivity index (χ2n) is 9.87. The van der Waals surface area contributed by atoms with Crippen LogP contribution in [0.5, 0.6) is 0 Å². The van der Waals surface area contributed by atoms with E-state index in [0.29, 0.717) is 59.7 Å². The van der Waals surface area contributed by atoms with Gasteiger partial charge in [0.25, 0.3) is 0 Å². The minimum absolute atomic E-state index is 0.0129. The number of nitrogens with zero attached hydrogens (tertiary/aromatic N) is 3. The average molecular weight is 600 g/mol. The predicted octanol–water partition coefficient (Wildman–Crippen LogP) is 3.28. The second-order valence-corrected chi connectivity index (χ2v) is 10.3. The molecule has 0 saturated heterocycles. The van der Waals surface area contributed by atoms with Crippen LogP contribution in [-0.2, 0) is 13.0 Å². The molecule has 0 amide bonds. The molecule has 2 aromatic carbocycles. The van der Waals surface area contributed by atoms with Crippen molar-refractivity contribution in [3.05, 3.63) is 81.1 Å². The number of aliphatic hydroxyl groups excluding tert-OH is 2. The number of halogens is 2. The number of aliphatic hydroxyl groups is 2. The minimum Gasteiger partial charge on any atom is -0.400 e. The number of fused-ring (bicyclic) bond motifs is 1. The zero-order valence-electron chi connectivity index (χ0n) is 23.9. The van der Waals surface area contributed by atoms with Gasteiger partial charge >= 0.3 is 5.69 Å². The molecular weight excluding hydrogens is 561 g/mol. The van der Waals surface area contributed by atoms with Crippen molar-refractivity contribution in [1.29, 1.82) is 0 Å². The Kier molecular flexibility index (Phi) is 12.6. The smallest absolute Gasteiger partial charge is 0.354 e. The number of hydrogen-bond acceptors (Lipinski definition) is 7. The molecule has 0 aliphatic carbocycles. The molecular formula is C30H39ClFN7O3. The van der Waals surface area contributed by atoms with Gasteiger partial charge in [0.1, 0.15) is 5.65 Å². The number of aromatic amines is 1. The first-order chi connectivity index (χ1) is 20.2. The van der Waals surface area contributed by atoms with Crippen LogP contribution in [0.1, 0.15) is 37.3 Å².